The number of rotatable bonds is 4. The van der Waals surface area contributed by atoms with Crippen LogP contribution < -0.4 is 10.6 Å². The molecule has 1 saturated carbocycles. The summed E-state index contributed by atoms with van der Waals surface area (Å²) in [4.78, 5) is 24.7. The molecular formula is C30H37FN4O. The molecule has 0 unspecified atom stereocenters. The smallest absolute Gasteiger partial charge is 0.238 e. The van der Waals surface area contributed by atoms with Crippen LogP contribution in [0.4, 0.5) is 21.7 Å². The quantitative estimate of drug-likeness (QED) is 0.503. The third kappa shape index (κ3) is 4.04. The molecule has 0 bridgehead atoms. The van der Waals surface area contributed by atoms with Gasteiger partial charge in [0.25, 0.3) is 0 Å². The van der Waals surface area contributed by atoms with Crippen molar-refractivity contribution in [1.82, 2.24) is 9.97 Å². The van der Waals surface area contributed by atoms with Crippen LogP contribution in [0.25, 0.3) is 0 Å². The van der Waals surface area contributed by atoms with Gasteiger partial charge in [0.15, 0.2) is 0 Å². The first kappa shape index (κ1) is 24.7. The van der Waals surface area contributed by atoms with Gasteiger partial charge in [0.1, 0.15) is 23.8 Å². The van der Waals surface area contributed by atoms with Gasteiger partial charge in [-0.25, -0.2) is 14.4 Å². The van der Waals surface area contributed by atoms with Crippen LogP contribution in [0.1, 0.15) is 66.2 Å². The van der Waals surface area contributed by atoms with Gasteiger partial charge in [-0.3, -0.25) is 9.69 Å². The van der Waals surface area contributed by atoms with E-state index in [-0.39, 0.29) is 23.1 Å². The second-order valence-electron chi connectivity index (χ2n) is 11.7. The van der Waals surface area contributed by atoms with Gasteiger partial charge < -0.3 is 5.73 Å². The van der Waals surface area contributed by atoms with Crippen LogP contribution in [0.3, 0.4) is 0 Å². The van der Waals surface area contributed by atoms with Crippen LogP contribution in [0.15, 0.2) is 60.0 Å². The Morgan fingerprint density at radius 1 is 1.17 bits per heavy atom. The van der Waals surface area contributed by atoms with Crippen LogP contribution in [0.5, 0.6) is 0 Å². The Morgan fingerprint density at radius 3 is 2.61 bits per heavy atom. The minimum atomic E-state index is -0.592. The Morgan fingerprint density at radius 2 is 1.92 bits per heavy atom. The molecule has 1 fully saturated rings. The Hall–Kier alpha value is -3.02. The van der Waals surface area contributed by atoms with E-state index in [1.807, 2.05) is 0 Å². The molecule has 5 rings (SSSR count). The fraction of sp³-hybridized carbons (Fsp3) is 0.500. The molecule has 6 heteroatoms. The fourth-order valence-electron chi connectivity index (χ4n) is 7.28. The molecule has 3 aliphatic carbocycles. The van der Waals surface area contributed by atoms with Gasteiger partial charge in [-0.15, -0.1) is 0 Å². The standard InChI is InChI=1S/C30H37FN4O/c1-19(2)20-6-12-24-21(16-20)7-13-25-29(24,3)14-5-15-30(25,4)28(36)35(23-10-8-22(31)9-11-23)27-17-26(32)33-18-34-27/h7-11,16-19,24-25H,5-6,12-15H2,1-4H3,(H2,32,33,34)/t24-,25+,29+,30+/m0/s1. The first-order valence-corrected chi connectivity index (χ1v) is 13.2. The Kier molecular flexibility index (Phi) is 6.26. The summed E-state index contributed by atoms with van der Waals surface area (Å²) < 4.78 is 13.8. The van der Waals surface area contributed by atoms with E-state index in [9.17, 15) is 9.18 Å². The third-order valence-corrected chi connectivity index (χ3v) is 9.26. The average molecular weight is 489 g/mol. The molecule has 36 heavy (non-hydrogen) atoms. The van der Waals surface area contributed by atoms with Crippen LogP contribution in [-0.2, 0) is 4.79 Å². The van der Waals surface area contributed by atoms with Gasteiger partial charge in [0, 0.05) is 6.07 Å². The van der Waals surface area contributed by atoms with Crippen LogP contribution >= 0.6 is 0 Å². The molecule has 4 atom stereocenters. The molecule has 0 aliphatic heterocycles. The number of halogens is 1. The summed E-state index contributed by atoms with van der Waals surface area (Å²) in [7, 11) is 0. The highest BCUT2D eigenvalue weighted by atomic mass is 19.1. The van der Waals surface area contributed by atoms with Crippen LogP contribution in [0.2, 0.25) is 0 Å². The minimum absolute atomic E-state index is 0.00537. The molecule has 190 valence electrons. The van der Waals surface area contributed by atoms with E-state index in [0.29, 0.717) is 29.2 Å². The number of carbonyl (C=O) groups excluding carboxylic acids is 1. The normalized spacial score (nSPS) is 29.6. The molecule has 1 heterocycles. The number of allylic oxidation sites excluding steroid dienone is 4. The van der Waals surface area contributed by atoms with Crippen molar-refractivity contribution in [3.05, 3.63) is 65.8 Å². The Balaban J connectivity index is 1.57. The SMILES string of the molecule is CC(C)C1=CC2=CC[C@@H]3[C@](C)(CCC[C@@]3(C)C(=O)N(c3ccc(F)cc3)c3cc(N)ncn3)[C@H]2CC1. The summed E-state index contributed by atoms with van der Waals surface area (Å²) in [6.07, 6.45) is 12.3. The number of carbonyl (C=O) groups is 1. The van der Waals surface area contributed by atoms with E-state index >= 15 is 0 Å². The molecule has 1 amide bonds. The van der Waals surface area contributed by atoms with E-state index in [4.69, 9.17) is 5.73 Å². The van der Waals surface area contributed by atoms with Crippen LogP contribution in [0, 0.1) is 34.4 Å². The van der Waals surface area contributed by atoms with Gasteiger partial charge >= 0.3 is 0 Å². The third-order valence-electron chi connectivity index (χ3n) is 9.26. The van der Waals surface area contributed by atoms with Crippen molar-refractivity contribution in [1.29, 1.82) is 0 Å². The molecule has 1 aromatic heterocycles. The maximum Gasteiger partial charge on any atom is 0.238 e. The number of hydrogen-bond donors (Lipinski definition) is 1. The van der Waals surface area contributed by atoms with Crippen molar-refractivity contribution in [2.24, 2.45) is 28.6 Å². The number of aromatic nitrogens is 2. The van der Waals surface area contributed by atoms with Crippen LogP contribution in [-0.4, -0.2) is 15.9 Å². The summed E-state index contributed by atoms with van der Waals surface area (Å²) >= 11 is 0. The van der Waals surface area contributed by atoms with Gasteiger partial charge in [-0.2, -0.15) is 0 Å². The minimum Gasteiger partial charge on any atom is -0.384 e. The zero-order chi connectivity index (χ0) is 25.7. The Labute approximate surface area is 213 Å². The van der Waals surface area contributed by atoms with E-state index in [1.54, 1.807) is 23.1 Å². The molecule has 0 radical (unpaired) electrons. The summed E-state index contributed by atoms with van der Waals surface area (Å²) in [6.45, 7) is 9.11. The largest absolute Gasteiger partial charge is 0.384 e. The van der Waals surface area contributed by atoms with Crippen molar-refractivity contribution in [2.75, 3.05) is 10.6 Å². The van der Waals surface area contributed by atoms with Gasteiger partial charge in [0.05, 0.1) is 11.1 Å². The zero-order valence-electron chi connectivity index (χ0n) is 21.8. The zero-order valence-corrected chi connectivity index (χ0v) is 21.8. The lowest BCUT2D eigenvalue weighted by Gasteiger charge is -2.58. The Bertz CT molecular complexity index is 1220. The van der Waals surface area contributed by atoms with Crippen molar-refractivity contribution in [2.45, 2.75) is 66.2 Å². The average Bonchev–Trinajstić information content (AvgIpc) is 2.85. The topological polar surface area (TPSA) is 72.1 Å². The highest BCUT2D eigenvalue weighted by Crippen LogP contribution is 2.62. The van der Waals surface area contributed by atoms with Gasteiger partial charge in [-0.05, 0) is 85.1 Å². The maximum absolute atomic E-state index is 14.6. The number of fused-ring (bicyclic) bond motifs is 3. The second kappa shape index (κ2) is 9.13. The molecule has 0 spiro atoms. The van der Waals surface area contributed by atoms with Crippen molar-refractivity contribution in [3.63, 3.8) is 0 Å². The van der Waals surface area contributed by atoms with Gasteiger partial charge in [0.2, 0.25) is 5.91 Å². The van der Waals surface area contributed by atoms with Crippen molar-refractivity contribution < 1.29 is 9.18 Å². The number of nitrogens with two attached hydrogens (primary N) is 1. The predicted molar refractivity (Wildman–Crippen MR) is 142 cm³/mol. The number of nitrogen functional groups attached to an aromatic ring is 1. The summed E-state index contributed by atoms with van der Waals surface area (Å²) in [5.74, 6) is 1.60. The van der Waals surface area contributed by atoms with E-state index < -0.39 is 5.41 Å². The van der Waals surface area contributed by atoms with E-state index in [0.717, 1.165) is 38.5 Å². The number of hydrogen-bond acceptors (Lipinski definition) is 4. The highest BCUT2D eigenvalue weighted by molar-refractivity contribution is 6.03. The maximum atomic E-state index is 14.6. The monoisotopic (exact) mass is 488 g/mol. The summed E-state index contributed by atoms with van der Waals surface area (Å²) in [5, 5.41) is 0. The number of nitrogens with zero attached hydrogens (tertiary/aromatic N) is 3. The van der Waals surface area contributed by atoms with E-state index in [1.165, 1.54) is 29.6 Å². The molecule has 5 nitrogen and oxygen atoms in total. The van der Waals surface area contributed by atoms with Gasteiger partial charge in [-0.1, -0.05) is 51.8 Å². The summed E-state index contributed by atoms with van der Waals surface area (Å²) in [5.41, 5.74) is 9.03. The number of amides is 1. The summed E-state index contributed by atoms with van der Waals surface area (Å²) in [6, 6.07) is 7.64. The predicted octanol–water partition coefficient (Wildman–Crippen LogP) is 7.00. The lowest BCUT2D eigenvalue weighted by atomic mass is 9.46. The fourth-order valence-corrected chi connectivity index (χ4v) is 7.28. The number of benzene rings is 1. The second-order valence-corrected chi connectivity index (χ2v) is 11.7. The molecule has 3 aliphatic rings. The lowest BCUT2D eigenvalue weighted by molar-refractivity contribution is -0.140. The highest BCUT2D eigenvalue weighted by Gasteiger charge is 2.58. The molecular weight excluding hydrogens is 451 g/mol. The van der Waals surface area contributed by atoms with Crippen molar-refractivity contribution >= 4 is 23.2 Å². The van der Waals surface area contributed by atoms with Crippen molar-refractivity contribution in [3.8, 4) is 0 Å². The first-order valence-electron chi connectivity index (χ1n) is 13.2. The molecule has 2 N–H and O–H groups in total. The number of anilines is 3. The molecule has 1 aromatic carbocycles. The first-order chi connectivity index (χ1) is 17.1. The molecule has 0 saturated heterocycles. The van der Waals surface area contributed by atoms with E-state index in [2.05, 4.69) is 49.8 Å². The lowest BCUT2D eigenvalue weighted by Crippen LogP contribution is -2.56. The molecule has 2 aromatic rings.